The molecule has 0 unspecified atom stereocenters. The monoisotopic (exact) mass is 595 g/mol. The fourth-order valence-corrected chi connectivity index (χ4v) is 6.32. The number of esters is 1. The number of nitrogens with zero attached hydrogens (tertiary/aromatic N) is 3. The van der Waals surface area contributed by atoms with Gasteiger partial charge in [-0.1, -0.05) is 46.7 Å². The molecule has 0 amide bonds. The van der Waals surface area contributed by atoms with Crippen LogP contribution in [0.1, 0.15) is 42.4 Å². The molecular formula is C30H27Cl2N3O4S. The van der Waals surface area contributed by atoms with Crippen LogP contribution >= 0.6 is 34.5 Å². The van der Waals surface area contributed by atoms with E-state index in [-0.39, 0.29) is 12.2 Å². The van der Waals surface area contributed by atoms with Gasteiger partial charge in [-0.25, -0.2) is 9.79 Å². The number of carbonyl (C=O) groups excluding carboxylic acids is 1. The summed E-state index contributed by atoms with van der Waals surface area (Å²) in [6, 6.07) is 14.1. The minimum Gasteiger partial charge on any atom is -0.497 e. The molecule has 4 aromatic rings. The van der Waals surface area contributed by atoms with Gasteiger partial charge in [0.25, 0.3) is 5.56 Å². The summed E-state index contributed by atoms with van der Waals surface area (Å²) in [5.41, 5.74) is 5.05. The standard InChI is InChI=1S/C30H27Cl2N3O4S/c1-6-39-29(37)26-17(3)33-30-35(27(26)19-7-10-22(38-5)11-8-19)28(36)25(40-30)14-20-13-16(2)34(18(20)4)21-9-12-23(31)24(32)15-21/h7-15,27H,6H2,1-5H3/b25-14+/t27-/m1/s1. The maximum absolute atomic E-state index is 14.0. The lowest BCUT2D eigenvalue weighted by Crippen LogP contribution is -2.39. The predicted molar refractivity (Wildman–Crippen MR) is 159 cm³/mol. The molecule has 0 saturated carbocycles. The Kier molecular flexibility index (Phi) is 7.77. The van der Waals surface area contributed by atoms with Gasteiger partial charge in [0.2, 0.25) is 0 Å². The number of thiazole rings is 1. The van der Waals surface area contributed by atoms with E-state index in [4.69, 9.17) is 32.7 Å². The smallest absolute Gasteiger partial charge is 0.338 e. The third-order valence-corrected chi connectivity index (χ3v) is 8.59. The maximum atomic E-state index is 14.0. The molecule has 3 heterocycles. The Balaban J connectivity index is 1.68. The number of halogens is 2. The van der Waals surface area contributed by atoms with Crippen LogP contribution in [-0.4, -0.2) is 28.8 Å². The number of allylic oxidation sites excluding steroid dienone is 1. The lowest BCUT2D eigenvalue weighted by molar-refractivity contribution is -0.139. The SMILES string of the molecule is CCOC(=O)C1=C(C)N=c2s/c(=C/c3cc(C)n(-c4ccc(Cl)c(Cl)c4)c3C)c(=O)n2[C@@H]1c1ccc(OC)cc1. The van der Waals surface area contributed by atoms with Crippen LogP contribution in [0.2, 0.25) is 10.0 Å². The maximum Gasteiger partial charge on any atom is 0.338 e. The number of benzene rings is 2. The van der Waals surface area contributed by atoms with Crippen LogP contribution in [0.4, 0.5) is 0 Å². The predicted octanol–water partition coefficient (Wildman–Crippen LogP) is 5.52. The zero-order valence-electron chi connectivity index (χ0n) is 22.6. The van der Waals surface area contributed by atoms with Gasteiger partial charge in [0, 0.05) is 17.1 Å². The second-order valence-corrected chi connectivity index (χ2v) is 11.2. The van der Waals surface area contributed by atoms with E-state index in [2.05, 4.69) is 9.56 Å². The lowest BCUT2D eigenvalue weighted by Gasteiger charge is -2.24. The molecule has 206 valence electrons. The van der Waals surface area contributed by atoms with Crippen LogP contribution in [0.5, 0.6) is 5.75 Å². The van der Waals surface area contributed by atoms with E-state index in [1.165, 1.54) is 11.3 Å². The molecule has 1 aliphatic heterocycles. The fraction of sp³-hybridized carbons (Fsp3) is 0.233. The second-order valence-electron chi connectivity index (χ2n) is 9.34. The van der Waals surface area contributed by atoms with Gasteiger partial charge in [0.15, 0.2) is 4.80 Å². The molecule has 1 atom stereocenters. The summed E-state index contributed by atoms with van der Waals surface area (Å²) >= 11 is 13.7. The van der Waals surface area contributed by atoms with Crippen LogP contribution in [0.3, 0.4) is 0 Å². The molecule has 0 aliphatic carbocycles. The number of fused-ring (bicyclic) bond motifs is 1. The van der Waals surface area contributed by atoms with E-state index < -0.39 is 12.0 Å². The Morgan fingerprint density at radius 2 is 1.80 bits per heavy atom. The van der Waals surface area contributed by atoms with Crippen LogP contribution in [0, 0.1) is 13.8 Å². The number of aromatic nitrogens is 2. The number of aryl methyl sites for hydroxylation is 1. The van der Waals surface area contributed by atoms with Crippen LogP contribution < -0.4 is 19.6 Å². The zero-order chi connectivity index (χ0) is 28.7. The van der Waals surface area contributed by atoms with Crippen molar-refractivity contribution in [1.29, 1.82) is 0 Å². The molecule has 7 nitrogen and oxygen atoms in total. The van der Waals surface area contributed by atoms with Crippen molar-refractivity contribution in [1.82, 2.24) is 9.13 Å². The Morgan fingerprint density at radius 3 is 2.45 bits per heavy atom. The molecular weight excluding hydrogens is 569 g/mol. The van der Waals surface area contributed by atoms with E-state index in [0.29, 0.717) is 36.4 Å². The number of hydrogen-bond acceptors (Lipinski definition) is 6. The molecule has 0 fully saturated rings. The highest BCUT2D eigenvalue weighted by Gasteiger charge is 2.33. The Bertz CT molecular complexity index is 1850. The number of rotatable bonds is 6. The molecule has 2 aromatic heterocycles. The number of hydrogen-bond donors (Lipinski definition) is 0. The second kappa shape index (κ2) is 11.1. The van der Waals surface area contributed by atoms with Gasteiger partial charge in [-0.05, 0) is 81.3 Å². The Morgan fingerprint density at radius 1 is 1.07 bits per heavy atom. The highest BCUT2D eigenvalue weighted by molar-refractivity contribution is 7.07. The fourth-order valence-electron chi connectivity index (χ4n) is 4.99. The first-order chi connectivity index (χ1) is 19.1. The lowest BCUT2D eigenvalue weighted by atomic mass is 9.96. The van der Waals surface area contributed by atoms with Crippen molar-refractivity contribution in [2.75, 3.05) is 13.7 Å². The van der Waals surface area contributed by atoms with Crippen LogP contribution in [-0.2, 0) is 9.53 Å². The van der Waals surface area contributed by atoms with Gasteiger partial charge in [-0.3, -0.25) is 9.36 Å². The molecule has 40 heavy (non-hydrogen) atoms. The first-order valence-corrected chi connectivity index (χ1v) is 14.2. The summed E-state index contributed by atoms with van der Waals surface area (Å²) < 4.78 is 14.8. The van der Waals surface area contributed by atoms with E-state index in [1.54, 1.807) is 43.7 Å². The molecule has 0 spiro atoms. The van der Waals surface area contributed by atoms with Crippen molar-refractivity contribution >= 4 is 46.6 Å². The van der Waals surface area contributed by atoms with E-state index in [0.717, 1.165) is 28.2 Å². The number of ether oxygens (including phenoxy) is 2. The van der Waals surface area contributed by atoms with E-state index >= 15 is 0 Å². The highest BCUT2D eigenvalue weighted by atomic mass is 35.5. The van der Waals surface area contributed by atoms with E-state index in [1.807, 2.05) is 50.3 Å². The van der Waals surface area contributed by atoms with Gasteiger partial charge in [0.05, 0.1) is 45.6 Å². The molecule has 0 radical (unpaired) electrons. The largest absolute Gasteiger partial charge is 0.497 e. The molecule has 1 aliphatic rings. The number of methoxy groups -OCH3 is 1. The van der Waals surface area contributed by atoms with Crippen molar-refractivity contribution in [3.05, 3.63) is 112 Å². The normalized spacial score (nSPS) is 15.2. The quantitative estimate of drug-likeness (QED) is 0.275. The average molecular weight is 597 g/mol. The minimum absolute atomic E-state index is 0.212. The van der Waals surface area contributed by atoms with Gasteiger partial charge >= 0.3 is 5.97 Å². The summed E-state index contributed by atoms with van der Waals surface area (Å²) in [5, 5.41) is 0.950. The van der Waals surface area contributed by atoms with Gasteiger partial charge in [0.1, 0.15) is 5.75 Å². The first-order valence-electron chi connectivity index (χ1n) is 12.6. The Labute approximate surface area is 245 Å². The summed E-state index contributed by atoms with van der Waals surface area (Å²) in [6.45, 7) is 7.71. The molecule has 0 saturated heterocycles. The van der Waals surface area contributed by atoms with Gasteiger partial charge in [-0.15, -0.1) is 0 Å². The molecule has 5 rings (SSSR count). The summed E-state index contributed by atoms with van der Waals surface area (Å²) in [6.07, 6.45) is 1.87. The average Bonchev–Trinajstić information content (AvgIpc) is 3.38. The summed E-state index contributed by atoms with van der Waals surface area (Å²) in [4.78, 5) is 32.2. The third-order valence-electron chi connectivity index (χ3n) is 6.87. The van der Waals surface area contributed by atoms with E-state index in [9.17, 15) is 9.59 Å². The third kappa shape index (κ3) is 4.91. The van der Waals surface area contributed by atoms with Crippen molar-refractivity contribution in [3.8, 4) is 11.4 Å². The highest BCUT2D eigenvalue weighted by Crippen LogP contribution is 2.32. The van der Waals surface area contributed by atoms with Crippen molar-refractivity contribution in [3.63, 3.8) is 0 Å². The molecule has 10 heteroatoms. The van der Waals surface area contributed by atoms with Crippen molar-refractivity contribution in [2.24, 2.45) is 4.99 Å². The molecule has 2 aromatic carbocycles. The zero-order valence-corrected chi connectivity index (χ0v) is 24.9. The van der Waals surface area contributed by atoms with Gasteiger partial charge < -0.3 is 14.0 Å². The minimum atomic E-state index is -0.688. The van der Waals surface area contributed by atoms with Gasteiger partial charge in [-0.2, -0.15) is 0 Å². The van der Waals surface area contributed by atoms with Crippen molar-refractivity contribution < 1.29 is 14.3 Å². The summed E-state index contributed by atoms with van der Waals surface area (Å²) in [5.74, 6) is 0.177. The topological polar surface area (TPSA) is 74.8 Å². The van der Waals surface area contributed by atoms with Crippen LogP contribution in [0.15, 0.2) is 69.6 Å². The van der Waals surface area contributed by atoms with Crippen LogP contribution in [0.25, 0.3) is 11.8 Å². The number of carbonyl (C=O) groups is 1. The summed E-state index contributed by atoms with van der Waals surface area (Å²) in [7, 11) is 1.59. The van der Waals surface area contributed by atoms with Crippen molar-refractivity contribution in [2.45, 2.75) is 33.7 Å². The Hall–Kier alpha value is -3.59. The first kappa shape index (κ1) is 28.0. The molecule has 0 N–H and O–H groups in total. The molecule has 0 bridgehead atoms.